The minimum absolute atomic E-state index is 0.143. The number of rotatable bonds is 4. The summed E-state index contributed by atoms with van der Waals surface area (Å²) in [5.74, 6) is -0.388. The zero-order chi connectivity index (χ0) is 15.2. The number of carbonyl (C=O) groups excluding carboxylic acids is 1. The molecule has 1 aliphatic heterocycles. The van der Waals surface area contributed by atoms with Crippen LogP contribution in [0, 0.1) is 5.82 Å². The van der Waals surface area contributed by atoms with Crippen molar-refractivity contribution in [1.82, 2.24) is 5.32 Å². The molecule has 0 radical (unpaired) electrons. The molecule has 1 atom stereocenters. The van der Waals surface area contributed by atoms with Crippen LogP contribution in [0.2, 0.25) is 0 Å². The molecular weight excluding hydrogens is 273 g/mol. The Labute approximate surface area is 124 Å². The summed E-state index contributed by atoms with van der Waals surface area (Å²) in [4.78, 5) is 14.0. The molecule has 0 saturated carbocycles. The number of hydrogen-bond donors (Lipinski definition) is 3. The smallest absolute Gasteiger partial charge is 0.319 e. The molecule has 3 N–H and O–H groups in total. The first-order valence-electron chi connectivity index (χ1n) is 7.33. The van der Waals surface area contributed by atoms with Crippen molar-refractivity contribution >= 4 is 17.4 Å². The summed E-state index contributed by atoms with van der Waals surface area (Å²) in [5.41, 5.74) is 1.29. The topological polar surface area (TPSA) is 64.6 Å². The lowest BCUT2D eigenvalue weighted by molar-refractivity contribution is 0.229. The standard InChI is InChI=1S/C15H22FN3O2/c1-11(10-20)17-15(21)18-13-9-12(16)5-6-14(13)19-7-3-2-4-8-19/h5-6,9,11,20H,2-4,7-8,10H2,1H3,(H2,17,18,21). The Balaban J connectivity index is 2.13. The van der Waals surface area contributed by atoms with Gasteiger partial charge in [0, 0.05) is 13.1 Å². The number of amides is 2. The van der Waals surface area contributed by atoms with Crippen LogP contribution in [0.1, 0.15) is 26.2 Å². The lowest BCUT2D eigenvalue weighted by Crippen LogP contribution is -2.38. The van der Waals surface area contributed by atoms with Crippen LogP contribution in [0.25, 0.3) is 0 Å². The molecule has 0 spiro atoms. The molecule has 0 aromatic heterocycles. The summed E-state index contributed by atoms with van der Waals surface area (Å²) in [6.07, 6.45) is 3.41. The lowest BCUT2D eigenvalue weighted by atomic mass is 10.1. The second kappa shape index (κ2) is 7.26. The zero-order valence-electron chi connectivity index (χ0n) is 12.2. The van der Waals surface area contributed by atoms with E-state index in [1.165, 1.54) is 18.6 Å². The molecule has 0 aliphatic carbocycles. The minimum atomic E-state index is -0.444. The number of aliphatic hydroxyl groups excluding tert-OH is 1. The van der Waals surface area contributed by atoms with Gasteiger partial charge in [-0.1, -0.05) is 0 Å². The van der Waals surface area contributed by atoms with E-state index < -0.39 is 6.03 Å². The van der Waals surface area contributed by atoms with Crippen molar-refractivity contribution in [3.63, 3.8) is 0 Å². The third kappa shape index (κ3) is 4.32. The van der Waals surface area contributed by atoms with Crippen molar-refractivity contribution in [2.24, 2.45) is 0 Å². The van der Waals surface area contributed by atoms with E-state index in [1.807, 2.05) is 0 Å². The third-order valence-electron chi connectivity index (χ3n) is 3.55. The largest absolute Gasteiger partial charge is 0.394 e. The van der Waals surface area contributed by atoms with Crippen molar-refractivity contribution < 1.29 is 14.3 Å². The summed E-state index contributed by atoms with van der Waals surface area (Å²) in [6.45, 7) is 3.37. The molecular formula is C15H22FN3O2. The summed E-state index contributed by atoms with van der Waals surface area (Å²) >= 11 is 0. The number of piperidine rings is 1. The van der Waals surface area contributed by atoms with Gasteiger partial charge in [0.1, 0.15) is 5.82 Å². The molecule has 116 valence electrons. The van der Waals surface area contributed by atoms with Crippen LogP contribution in [0.4, 0.5) is 20.6 Å². The second-order valence-electron chi connectivity index (χ2n) is 5.39. The first-order chi connectivity index (χ1) is 10.1. The SMILES string of the molecule is CC(CO)NC(=O)Nc1cc(F)ccc1N1CCCCC1. The molecule has 1 heterocycles. The van der Waals surface area contributed by atoms with Crippen molar-refractivity contribution in [3.8, 4) is 0 Å². The van der Waals surface area contributed by atoms with Gasteiger partial charge in [0.2, 0.25) is 0 Å². The van der Waals surface area contributed by atoms with E-state index >= 15 is 0 Å². The molecule has 1 saturated heterocycles. The maximum atomic E-state index is 13.5. The molecule has 21 heavy (non-hydrogen) atoms. The van der Waals surface area contributed by atoms with Gasteiger partial charge < -0.3 is 20.6 Å². The van der Waals surface area contributed by atoms with Gasteiger partial charge in [0.25, 0.3) is 0 Å². The number of aliphatic hydroxyl groups is 1. The third-order valence-corrected chi connectivity index (χ3v) is 3.55. The van der Waals surface area contributed by atoms with Crippen LogP contribution in [0.5, 0.6) is 0 Å². The Kier molecular flexibility index (Phi) is 5.38. The second-order valence-corrected chi connectivity index (χ2v) is 5.39. The molecule has 2 amide bonds. The van der Waals surface area contributed by atoms with E-state index in [-0.39, 0.29) is 18.5 Å². The molecule has 2 rings (SSSR count). The Morgan fingerprint density at radius 2 is 2.10 bits per heavy atom. The molecule has 1 aliphatic rings. The summed E-state index contributed by atoms with van der Waals surface area (Å²) in [6, 6.07) is 3.64. The molecule has 1 aromatic carbocycles. The highest BCUT2D eigenvalue weighted by Gasteiger charge is 2.17. The predicted octanol–water partition coefficient (Wildman–Crippen LogP) is 2.32. The first-order valence-corrected chi connectivity index (χ1v) is 7.33. The molecule has 6 heteroatoms. The highest BCUT2D eigenvalue weighted by molar-refractivity contribution is 5.93. The molecule has 1 unspecified atom stereocenters. The minimum Gasteiger partial charge on any atom is -0.394 e. The van der Waals surface area contributed by atoms with Gasteiger partial charge in [-0.2, -0.15) is 0 Å². The van der Waals surface area contributed by atoms with Gasteiger partial charge >= 0.3 is 6.03 Å². The van der Waals surface area contributed by atoms with Crippen LogP contribution in [0.15, 0.2) is 18.2 Å². The Morgan fingerprint density at radius 3 is 2.76 bits per heavy atom. The monoisotopic (exact) mass is 295 g/mol. The van der Waals surface area contributed by atoms with Crippen LogP contribution in [0.3, 0.4) is 0 Å². The zero-order valence-corrected chi connectivity index (χ0v) is 12.2. The summed E-state index contributed by atoms with van der Waals surface area (Å²) in [5, 5.41) is 14.2. The molecule has 5 nitrogen and oxygen atoms in total. The van der Waals surface area contributed by atoms with Gasteiger partial charge in [0.15, 0.2) is 0 Å². The fourth-order valence-corrected chi connectivity index (χ4v) is 2.45. The maximum absolute atomic E-state index is 13.5. The quantitative estimate of drug-likeness (QED) is 0.798. The number of anilines is 2. The van der Waals surface area contributed by atoms with Crippen molar-refractivity contribution in [2.45, 2.75) is 32.2 Å². The number of carbonyl (C=O) groups is 1. The summed E-state index contributed by atoms with van der Waals surface area (Å²) in [7, 11) is 0. The van der Waals surface area contributed by atoms with Gasteiger partial charge in [0.05, 0.1) is 24.0 Å². The van der Waals surface area contributed by atoms with E-state index in [2.05, 4.69) is 15.5 Å². The predicted molar refractivity (Wildman–Crippen MR) is 81.2 cm³/mol. The van der Waals surface area contributed by atoms with E-state index in [4.69, 9.17) is 5.11 Å². The van der Waals surface area contributed by atoms with Gasteiger partial charge in [-0.05, 0) is 44.4 Å². The molecule has 0 bridgehead atoms. The fourth-order valence-electron chi connectivity index (χ4n) is 2.45. The summed E-state index contributed by atoms with van der Waals surface area (Å²) < 4.78 is 13.5. The van der Waals surface area contributed by atoms with Crippen LogP contribution in [-0.4, -0.2) is 36.9 Å². The van der Waals surface area contributed by atoms with E-state index in [0.717, 1.165) is 31.6 Å². The van der Waals surface area contributed by atoms with Crippen LogP contribution >= 0.6 is 0 Å². The number of nitrogens with one attached hydrogen (secondary N) is 2. The molecule has 1 fully saturated rings. The maximum Gasteiger partial charge on any atom is 0.319 e. The number of urea groups is 1. The van der Waals surface area contributed by atoms with Crippen molar-refractivity contribution in [2.75, 3.05) is 29.9 Å². The van der Waals surface area contributed by atoms with Gasteiger partial charge in [-0.3, -0.25) is 0 Å². The Morgan fingerprint density at radius 1 is 1.38 bits per heavy atom. The highest BCUT2D eigenvalue weighted by atomic mass is 19.1. The number of halogens is 1. The van der Waals surface area contributed by atoms with E-state index in [1.54, 1.807) is 13.0 Å². The Bertz CT molecular complexity index is 490. The van der Waals surface area contributed by atoms with Crippen molar-refractivity contribution in [3.05, 3.63) is 24.0 Å². The van der Waals surface area contributed by atoms with E-state index in [0.29, 0.717) is 5.69 Å². The highest BCUT2D eigenvalue weighted by Crippen LogP contribution is 2.29. The Hall–Kier alpha value is -1.82. The van der Waals surface area contributed by atoms with Crippen molar-refractivity contribution in [1.29, 1.82) is 0 Å². The van der Waals surface area contributed by atoms with Crippen LogP contribution in [-0.2, 0) is 0 Å². The average molecular weight is 295 g/mol. The average Bonchev–Trinajstić information content (AvgIpc) is 2.48. The number of benzene rings is 1. The van der Waals surface area contributed by atoms with Gasteiger partial charge in [-0.25, -0.2) is 9.18 Å². The number of nitrogens with zero attached hydrogens (tertiary/aromatic N) is 1. The lowest BCUT2D eigenvalue weighted by Gasteiger charge is -2.30. The normalized spacial score (nSPS) is 16.4. The number of hydrogen-bond acceptors (Lipinski definition) is 3. The van der Waals surface area contributed by atoms with Crippen LogP contribution < -0.4 is 15.5 Å². The first kappa shape index (κ1) is 15.6. The van der Waals surface area contributed by atoms with Gasteiger partial charge in [-0.15, -0.1) is 0 Å². The fraction of sp³-hybridized carbons (Fsp3) is 0.533. The molecule has 1 aromatic rings. The van der Waals surface area contributed by atoms with E-state index in [9.17, 15) is 9.18 Å².